The average Bonchev–Trinajstić information content (AvgIpc) is 2.62. The largest absolute Gasteiger partial charge is 0.489 e. The fourth-order valence-corrected chi connectivity index (χ4v) is 2.33. The van der Waals surface area contributed by atoms with Gasteiger partial charge < -0.3 is 19.5 Å². The third kappa shape index (κ3) is 5.70. The maximum atomic E-state index is 14.0. The van der Waals surface area contributed by atoms with E-state index in [1.807, 2.05) is 19.1 Å². The van der Waals surface area contributed by atoms with E-state index in [1.54, 1.807) is 19.1 Å². The molecular weight excluding hydrogens is 353 g/mol. The molecule has 0 aliphatic carbocycles. The molecule has 27 heavy (non-hydrogen) atoms. The van der Waals surface area contributed by atoms with Crippen molar-refractivity contribution < 1.29 is 28.2 Å². The first kappa shape index (κ1) is 20.2. The molecule has 1 amide bonds. The van der Waals surface area contributed by atoms with Gasteiger partial charge in [0.2, 0.25) is 5.91 Å². The summed E-state index contributed by atoms with van der Waals surface area (Å²) in [5.74, 6) is -0.650. The molecule has 0 aromatic heterocycles. The number of halogens is 1. The summed E-state index contributed by atoms with van der Waals surface area (Å²) in [7, 11) is 1.29. The number of carbonyl (C=O) groups excluding carboxylic acids is 2. The second-order valence-corrected chi connectivity index (χ2v) is 6.01. The molecule has 0 saturated carbocycles. The molecule has 0 fully saturated rings. The van der Waals surface area contributed by atoms with Crippen LogP contribution in [-0.4, -0.2) is 25.1 Å². The minimum Gasteiger partial charge on any atom is -0.489 e. The molecule has 1 unspecified atom stereocenters. The third-order valence-corrected chi connectivity index (χ3v) is 3.71. The summed E-state index contributed by atoms with van der Waals surface area (Å²) in [5.41, 5.74) is 1.74. The second-order valence-electron chi connectivity index (χ2n) is 6.01. The van der Waals surface area contributed by atoms with Crippen LogP contribution >= 0.6 is 0 Å². The molecule has 0 heterocycles. The van der Waals surface area contributed by atoms with Crippen molar-refractivity contribution in [2.24, 2.45) is 0 Å². The van der Waals surface area contributed by atoms with Crippen molar-refractivity contribution in [2.45, 2.75) is 33.5 Å². The summed E-state index contributed by atoms with van der Waals surface area (Å²) in [4.78, 5) is 22.6. The number of esters is 1. The van der Waals surface area contributed by atoms with Gasteiger partial charge in [-0.1, -0.05) is 12.1 Å². The third-order valence-electron chi connectivity index (χ3n) is 3.71. The van der Waals surface area contributed by atoms with Crippen molar-refractivity contribution in [3.63, 3.8) is 0 Å². The van der Waals surface area contributed by atoms with Crippen LogP contribution in [0.15, 0.2) is 36.4 Å². The minimum absolute atomic E-state index is 0.0844. The second kappa shape index (κ2) is 9.02. The molecule has 0 saturated heterocycles. The first-order valence-corrected chi connectivity index (χ1v) is 8.34. The Kier molecular flexibility index (Phi) is 6.76. The van der Waals surface area contributed by atoms with E-state index in [-0.39, 0.29) is 18.2 Å². The molecule has 7 heteroatoms. The Bertz CT molecular complexity index is 837. The van der Waals surface area contributed by atoms with Crippen molar-refractivity contribution >= 4 is 17.6 Å². The number of ether oxygens (including phenoxy) is 3. The number of carbonyl (C=O) groups is 2. The number of rotatable bonds is 7. The van der Waals surface area contributed by atoms with E-state index in [4.69, 9.17) is 9.47 Å². The molecule has 2 rings (SSSR count). The van der Waals surface area contributed by atoms with Crippen molar-refractivity contribution in [1.29, 1.82) is 0 Å². The maximum Gasteiger partial charge on any atom is 0.346 e. The van der Waals surface area contributed by atoms with Gasteiger partial charge in [0.1, 0.15) is 23.9 Å². The minimum atomic E-state index is -0.773. The molecule has 0 aliphatic rings. The molecule has 1 N–H and O–H groups in total. The zero-order valence-electron chi connectivity index (χ0n) is 15.7. The first-order valence-electron chi connectivity index (χ1n) is 8.34. The summed E-state index contributed by atoms with van der Waals surface area (Å²) in [6.07, 6.45) is -0.773. The molecular formula is C20H22FNO5. The smallest absolute Gasteiger partial charge is 0.346 e. The van der Waals surface area contributed by atoms with E-state index in [1.165, 1.54) is 26.2 Å². The highest BCUT2D eigenvalue weighted by atomic mass is 19.1. The Balaban J connectivity index is 2.12. The van der Waals surface area contributed by atoms with Crippen LogP contribution in [0.2, 0.25) is 0 Å². The summed E-state index contributed by atoms with van der Waals surface area (Å²) >= 11 is 0. The lowest BCUT2D eigenvalue weighted by Gasteiger charge is -2.17. The highest BCUT2D eigenvalue weighted by molar-refractivity contribution is 5.88. The topological polar surface area (TPSA) is 73.9 Å². The molecule has 2 aromatic rings. The number of nitrogens with one attached hydrogen (secondary N) is 1. The van der Waals surface area contributed by atoms with Crippen LogP contribution in [-0.2, 0) is 20.9 Å². The van der Waals surface area contributed by atoms with Crippen LogP contribution in [0.5, 0.6) is 11.5 Å². The number of benzene rings is 2. The van der Waals surface area contributed by atoms with E-state index < -0.39 is 17.9 Å². The fraction of sp³-hybridized carbons (Fsp3) is 0.300. The Morgan fingerprint density at radius 1 is 1.19 bits per heavy atom. The number of hydrogen-bond donors (Lipinski definition) is 1. The van der Waals surface area contributed by atoms with Crippen LogP contribution in [0.1, 0.15) is 25.0 Å². The maximum absolute atomic E-state index is 14.0. The van der Waals surface area contributed by atoms with Crippen molar-refractivity contribution in [3.8, 4) is 11.5 Å². The molecule has 2 aromatic carbocycles. The predicted octanol–water partition coefficient (Wildman–Crippen LogP) is 3.61. The van der Waals surface area contributed by atoms with Gasteiger partial charge in [-0.3, -0.25) is 4.79 Å². The normalized spacial score (nSPS) is 11.4. The zero-order chi connectivity index (χ0) is 20.0. The molecule has 144 valence electrons. The summed E-state index contributed by atoms with van der Waals surface area (Å²) in [6.45, 7) is 4.91. The molecule has 0 bridgehead atoms. The van der Waals surface area contributed by atoms with Gasteiger partial charge in [0, 0.05) is 18.6 Å². The van der Waals surface area contributed by atoms with Crippen molar-refractivity contribution in [3.05, 3.63) is 53.3 Å². The Morgan fingerprint density at radius 3 is 2.56 bits per heavy atom. The summed E-state index contributed by atoms with van der Waals surface area (Å²) in [5, 5.41) is 2.39. The molecule has 0 aliphatic heterocycles. The number of amides is 1. The van der Waals surface area contributed by atoms with Crippen LogP contribution in [0.3, 0.4) is 0 Å². The summed E-state index contributed by atoms with van der Waals surface area (Å²) in [6, 6.07) is 9.67. The quantitative estimate of drug-likeness (QED) is 0.749. The van der Waals surface area contributed by atoms with Gasteiger partial charge in [0.15, 0.2) is 6.10 Å². The number of methoxy groups -OCH3 is 1. The van der Waals surface area contributed by atoms with Gasteiger partial charge in [-0.25, -0.2) is 9.18 Å². The average molecular weight is 375 g/mol. The lowest BCUT2D eigenvalue weighted by atomic mass is 10.1. The standard InChI is InChI=1S/C20H22FNO5/c1-12-5-6-15(19(9-12)27-13(2)20(24)25-4)11-26-16-7-8-18(17(21)10-16)22-14(3)23/h5-10,13H,11H2,1-4H3,(H,22,23). The van der Waals surface area contributed by atoms with Gasteiger partial charge in [0.25, 0.3) is 0 Å². The first-order chi connectivity index (χ1) is 12.8. The molecule has 0 radical (unpaired) electrons. The van der Waals surface area contributed by atoms with E-state index in [0.29, 0.717) is 17.1 Å². The molecule has 0 spiro atoms. The van der Waals surface area contributed by atoms with Crippen molar-refractivity contribution in [1.82, 2.24) is 0 Å². The van der Waals surface area contributed by atoms with Crippen LogP contribution < -0.4 is 14.8 Å². The van der Waals surface area contributed by atoms with Gasteiger partial charge in [-0.15, -0.1) is 0 Å². The Labute approximate surface area is 157 Å². The van der Waals surface area contributed by atoms with E-state index in [0.717, 1.165) is 5.56 Å². The summed E-state index contributed by atoms with van der Waals surface area (Å²) < 4.78 is 30.0. The van der Waals surface area contributed by atoms with Gasteiger partial charge >= 0.3 is 5.97 Å². The fourth-order valence-electron chi connectivity index (χ4n) is 2.33. The van der Waals surface area contributed by atoms with Gasteiger partial charge in [-0.05, 0) is 37.6 Å². The Hall–Kier alpha value is -3.09. The predicted molar refractivity (Wildman–Crippen MR) is 98.3 cm³/mol. The SMILES string of the molecule is COC(=O)C(C)Oc1cc(C)ccc1COc1ccc(NC(C)=O)c(F)c1. The molecule has 6 nitrogen and oxygen atoms in total. The van der Waals surface area contributed by atoms with Crippen molar-refractivity contribution in [2.75, 3.05) is 12.4 Å². The van der Waals surface area contributed by atoms with Gasteiger partial charge in [-0.2, -0.15) is 0 Å². The highest BCUT2D eigenvalue weighted by Gasteiger charge is 2.17. The van der Waals surface area contributed by atoms with E-state index >= 15 is 0 Å². The molecule has 1 atom stereocenters. The lowest BCUT2D eigenvalue weighted by molar-refractivity contribution is -0.147. The number of aryl methyl sites for hydroxylation is 1. The van der Waals surface area contributed by atoms with Crippen LogP contribution in [0.25, 0.3) is 0 Å². The van der Waals surface area contributed by atoms with Crippen LogP contribution in [0, 0.1) is 12.7 Å². The van der Waals surface area contributed by atoms with Crippen LogP contribution in [0.4, 0.5) is 10.1 Å². The Morgan fingerprint density at radius 2 is 1.93 bits per heavy atom. The lowest BCUT2D eigenvalue weighted by Crippen LogP contribution is -2.25. The monoisotopic (exact) mass is 375 g/mol. The van der Waals surface area contributed by atoms with E-state index in [2.05, 4.69) is 10.1 Å². The highest BCUT2D eigenvalue weighted by Crippen LogP contribution is 2.25. The number of anilines is 1. The number of hydrogen-bond acceptors (Lipinski definition) is 5. The van der Waals surface area contributed by atoms with E-state index in [9.17, 15) is 14.0 Å². The van der Waals surface area contributed by atoms with Gasteiger partial charge in [0.05, 0.1) is 12.8 Å². The zero-order valence-corrected chi connectivity index (χ0v) is 15.7.